The first-order valence-electron chi connectivity index (χ1n) is 5.76. The van der Waals surface area contributed by atoms with Crippen molar-refractivity contribution < 1.29 is 0 Å². The van der Waals surface area contributed by atoms with E-state index in [4.69, 9.17) is 0 Å². The maximum atomic E-state index is 4.08. The van der Waals surface area contributed by atoms with Crippen LogP contribution in [0.25, 0.3) is 5.65 Å². The Balaban J connectivity index is 2.22. The first kappa shape index (κ1) is 11.1. The number of aromatic nitrogens is 3. The molecule has 2 aromatic rings. The highest BCUT2D eigenvalue weighted by Gasteiger charge is 2.10. The number of rotatable bonds is 2. The molecule has 2 rings (SSSR count). The van der Waals surface area contributed by atoms with E-state index in [1.54, 1.807) is 0 Å². The normalized spacial score (nSPS) is 12.2. The van der Waals surface area contributed by atoms with Gasteiger partial charge in [0, 0.05) is 6.20 Å². The summed E-state index contributed by atoms with van der Waals surface area (Å²) in [5.41, 5.74) is 2.67. The summed E-state index contributed by atoms with van der Waals surface area (Å²) in [5.74, 6) is 0.951. The maximum absolute atomic E-state index is 4.08. The Labute approximate surface area is 96.5 Å². The van der Waals surface area contributed by atoms with Crippen LogP contribution in [-0.4, -0.2) is 14.6 Å². The van der Waals surface area contributed by atoms with Gasteiger partial charge in [-0.25, -0.2) is 0 Å². The molecule has 0 radical (unpaired) electrons. The summed E-state index contributed by atoms with van der Waals surface area (Å²) in [6.45, 7) is 8.80. The minimum atomic E-state index is 0.386. The monoisotopic (exact) mass is 217 g/mol. The van der Waals surface area contributed by atoms with Crippen molar-refractivity contribution in [3.8, 4) is 0 Å². The van der Waals surface area contributed by atoms with Crippen molar-refractivity contribution in [3.05, 3.63) is 29.7 Å². The van der Waals surface area contributed by atoms with Gasteiger partial charge in [0.2, 0.25) is 0 Å². The van der Waals surface area contributed by atoms with Gasteiger partial charge in [0.1, 0.15) is 5.82 Å². The predicted molar refractivity (Wildman–Crippen MR) is 65.5 cm³/mol. The lowest BCUT2D eigenvalue weighted by molar-refractivity contribution is 0.378. The second kappa shape index (κ2) is 3.89. The van der Waals surface area contributed by atoms with Crippen molar-refractivity contribution in [2.45, 2.75) is 40.5 Å². The second-order valence-electron chi connectivity index (χ2n) is 5.57. The van der Waals surface area contributed by atoms with Gasteiger partial charge in [-0.15, -0.1) is 10.2 Å². The van der Waals surface area contributed by atoms with Crippen LogP contribution in [0.15, 0.2) is 18.3 Å². The van der Waals surface area contributed by atoms with Crippen molar-refractivity contribution in [2.75, 3.05) is 0 Å². The summed E-state index contributed by atoms with van der Waals surface area (Å²) in [6, 6.07) is 4.19. The Kier molecular flexibility index (Phi) is 2.70. The summed E-state index contributed by atoms with van der Waals surface area (Å²) in [7, 11) is 0. The second-order valence-corrected chi connectivity index (χ2v) is 5.57. The molecule has 86 valence electrons. The Morgan fingerprint density at radius 1 is 1.19 bits per heavy atom. The van der Waals surface area contributed by atoms with E-state index in [9.17, 15) is 0 Å². The minimum absolute atomic E-state index is 0.386. The zero-order valence-electron chi connectivity index (χ0n) is 10.5. The topological polar surface area (TPSA) is 30.2 Å². The van der Waals surface area contributed by atoms with Crippen LogP contribution in [0.3, 0.4) is 0 Å². The first-order chi connectivity index (χ1) is 7.46. The Bertz CT molecular complexity index is 491. The molecule has 0 fully saturated rings. The standard InChI is InChI=1S/C13H19N3/c1-10-14-15-12-6-5-11(9-16(10)12)7-8-13(2,3)4/h5-6,9H,7-8H2,1-4H3. The molecule has 0 unspecified atom stereocenters. The third kappa shape index (κ3) is 2.40. The first-order valence-corrected chi connectivity index (χ1v) is 5.76. The zero-order valence-corrected chi connectivity index (χ0v) is 10.5. The van der Waals surface area contributed by atoms with Crippen molar-refractivity contribution in [1.82, 2.24) is 14.6 Å². The number of pyridine rings is 1. The van der Waals surface area contributed by atoms with E-state index in [1.165, 1.54) is 12.0 Å². The molecule has 2 heterocycles. The molecule has 0 aromatic carbocycles. The number of hydrogen-bond donors (Lipinski definition) is 0. The summed E-state index contributed by atoms with van der Waals surface area (Å²) in [6.07, 6.45) is 4.45. The van der Waals surface area contributed by atoms with E-state index >= 15 is 0 Å². The molecular weight excluding hydrogens is 198 g/mol. The molecule has 0 bridgehead atoms. The van der Waals surface area contributed by atoms with Crippen LogP contribution >= 0.6 is 0 Å². The SMILES string of the molecule is Cc1nnc2ccc(CCC(C)(C)C)cn12. The van der Waals surface area contributed by atoms with Crippen molar-refractivity contribution >= 4 is 5.65 Å². The van der Waals surface area contributed by atoms with Crippen LogP contribution in [0.2, 0.25) is 0 Å². The Hall–Kier alpha value is -1.38. The number of aryl methyl sites for hydroxylation is 2. The fourth-order valence-corrected chi connectivity index (χ4v) is 1.72. The van der Waals surface area contributed by atoms with Crippen molar-refractivity contribution in [1.29, 1.82) is 0 Å². The largest absolute Gasteiger partial charge is 0.286 e. The van der Waals surface area contributed by atoms with Gasteiger partial charge < -0.3 is 0 Å². The molecule has 0 aliphatic carbocycles. The lowest BCUT2D eigenvalue weighted by Crippen LogP contribution is -2.06. The molecule has 2 aromatic heterocycles. The van der Waals surface area contributed by atoms with E-state index in [0.717, 1.165) is 17.9 Å². The van der Waals surface area contributed by atoms with Gasteiger partial charge in [-0.05, 0) is 36.8 Å². The van der Waals surface area contributed by atoms with Crippen molar-refractivity contribution in [3.63, 3.8) is 0 Å². The van der Waals surface area contributed by atoms with Crippen LogP contribution in [0.1, 0.15) is 38.6 Å². The third-order valence-electron chi connectivity index (χ3n) is 2.80. The minimum Gasteiger partial charge on any atom is -0.286 e. The fourth-order valence-electron chi connectivity index (χ4n) is 1.72. The van der Waals surface area contributed by atoms with E-state index in [0.29, 0.717) is 5.41 Å². The molecular formula is C13H19N3. The zero-order chi connectivity index (χ0) is 11.8. The van der Waals surface area contributed by atoms with E-state index in [-0.39, 0.29) is 0 Å². The van der Waals surface area contributed by atoms with Gasteiger partial charge in [-0.3, -0.25) is 4.40 Å². The molecule has 0 aliphatic rings. The predicted octanol–water partition coefficient (Wildman–Crippen LogP) is 3.02. The summed E-state index contributed by atoms with van der Waals surface area (Å²) < 4.78 is 2.05. The highest BCUT2D eigenvalue weighted by atomic mass is 15.2. The van der Waals surface area contributed by atoms with Crippen LogP contribution in [0, 0.1) is 12.3 Å². The molecule has 0 N–H and O–H groups in total. The summed E-state index contributed by atoms with van der Waals surface area (Å²) in [5, 5.41) is 8.14. The summed E-state index contributed by atoms with van der Waals surface area (Å²) >= 11 is 0. The molecule has 0 spiro atoms. The third-order valence-corrected chi connectivity index (χ3v) is 2.80. The van der Waals surface area contributed by atoms with Gasteiger partial charge in [0.25, 0.3) is 0 Å². The van der Waals surface area contributed by atoms with Crippen molar-refractivity contribution in [2.24, 2.45) is 5.41 Å². The van der Waals surface area contributed by atoms with E-state index in [1.807, 2.05) is 13.0 Å². The van der Waals surface area contributed by atoms with Gasteiger partial charge in [0.05, 0.1) is 0 Å². The van der Waals surface area contributed by atoms with Gasteiger partial charge in [0.15, 0.2) is 5.65 Å². The summed E-state index contributed by atoms with van der Waals surface area (Å²) in [4.78, 5) is 0. The number of hydrogen-bond acceptors (Lipinski definition) is 2. The molecule has 16 heavy (non-hydrogen) atoms. The van der Waals surface area contributed by atoms with Gasteiger partial charge >= 0.3 is 0 Å². The Morgan fingerprint density at radius 3 is 2.62 bits per heavy atom. The number of fused-ring (bicyclic) bond motifs is 1. The molecule has 3 heteroatoms. The highest BCUT2D eigenvalue weighted by Crippen LogP contribution is 2.21. The highest BCUT2D eigenvalue weighted by molar-refractivity contribution is 5.39. The molecule has 0 saturated carbocycles. The van der Waals surface area contributed by atoms with E-state index < -0.39 is 0 Å². The Morgan fingerprint density at radius 2 is 1.94 bits per heavy atom. The lowest BCUT2D eigenvalue weighted by atomic mass is 9.89. The van der Waals surface area contributed by atoms with Gasteiger partial charge in [-0.1, -0.05) is 26.8 Å². The lowest BCUT2D eigenvalue weighted by Gasteiger charge is -2.17. The molecule has 0 atom stereocenters. The average Bonchev–Trinajstić information content (AvgIpc) is 2.56. The van der Waals surface area contributed by atoms with Crippen LogP contribution in [0.4, 0.5) is 0 Å². The van der Waals surface area contributed by atoms with E-state index in [2.05, 4.69) is 47.6 Å². The molecule has 3 nitrogen and oxygen atoms in total. The molecule has 0 aliphatic heterocycles. The maximum Gasteiger partial charge on any atom is 0.160 e. The fraction of sp³-hybridized carbons (Fsp3) is 0.538. The van der Waals surface area contributed by atoms with Crippen LogP contribution in [-0.2, 0) is 6.42 Å². The van der Waals surface area contributed by atoms with Gasteiger partial charge in [-0.2, -0.15) is 0 Å². The quantitative estimate of drug-likeness (QED) is 0.774. The number of nitrogens with zero attached hydrogens (tertiary/aromatic N) is 3. The smallest absolute Gasteiger partial charge is 0.160 e. The van der Waals surface area contributed by atoms with Crippen LogP contribution < -0.4 is 0 Å². The molecule has 0 saturated heterocycles. The average molecular weight is 217 g/mol. The van der Waals surface area contributed by atoms with Crippen LogP contribution in [0.5, 0.6) is 0 Å². The molecule has 0 amide bonds.